The Kier molecular flexibility index (Phi) is 6.06. The molecule has 0 radical (unpaired) electrons. The quantitative estimate of drug-likeness (QED) is 0.780. The van der Waals surface area contributed by atoms with Gasteiger partial charge in [0, 0.05) is 18.5 Å². The van der Waals surface area contributed by atoms with E-state index in [0.29, 0.717) is 23.9 Å². The Balaban J connectivity index is 2.12. The van der Waals surface area contributed by atoms with Gasteiger partial charge in [-0.05, 0) is 18.9 Å². The van der Waals surface area contributed by atoms with Gasteiger partial charge in [0.2, 0.25) is 0 Å². The minimum atomic E-state index is -0.733. The molecule has 1 heterocycles. The number of esters is 1. The van der Waals surface area contributed by atoms with Crippen LogP contribution < -0.4 is 5.56 Å². The first-order valence-corrected chi connectivity index (χ1v) is 8.00. The number of hydrogen-bond donors (Lipinski definition) is 1. The molecule has 2 aromatic rings. The Bertz CT molecular complexity index is 779. The summed E-state index contributed by atoms with van der Waals surface area (Å²) in [7, 11) is 0. The lowest BCUT2D eigenvalue weighted by Gasteiger charge is -2.21. The van der Waals surface area contributed by atoms with Crippen LogP contribution in [0.4, 0.5) is 0 Å². The van der Waals surface area contributed by atoms with Gasteiger partial charge in [0.1, 0.15) is 0 Å². The molecule has 1 aromatic carbocycles. The van der Waals surface area contributed by atoms with Gasteiger partial charge in [0.15, 0.2) is 12.3 Å². The minimum Gasteiger partial charge on any atom is -0.451 e. The van der Waals surface area contributed by atoms with Gasteiger partial charge in [0.05, 0.1) is 5.39 Å². The van der Waals surface area contributed by atoms with E-state index in [1.165, 1.54) is 0 Å². The number of rotatable bonds is 7. The summed E-state index contributed by atoms with van der Waals surface area (Å²) in [4.78, 5) is 37.8. The number of carbonyl (C=O) groups excluding carboxylic acids is 2. The van der Waals surface area contributed by atoms with E-state index in [1.807, 2.05) is 13.8 Å². The minimum absolute atomic E-state index is 0.00414. The zero-order valence-corrected chi connectivity index (χ0v) is 13.9. The molecule has 0 atom stereocenters. The molecule has 0 aliphatic rings. The number of amides is 1. The van der Waals surface area contributed by atoms with E-state index < -0.39 is 5.97 Å². The van der Waals surface area contributed by atoms with E-state index in [1.54, 1.807) is 29.2 Å². The molecule has 7 heteroatoms. The zero-order valence-electron chi connectivity index (χ0n) is 13.9. The third-order valence-corrected chi connectivity index (χ3v) is 3.56. The second kappa shape index (κ2) is 8.24. The van der Waals surface area contributed by atoms with E-state index in [0.717, 1.165) is 12.8 Å². The molecule has 1 amide bonds. The fourth-order valence-electron chi connectivity index (χ4n) is 2.46. The number of ether oxygens (including phenoxy) is 1. The van der Waals surface area contributed by atoms with Crippen molar-refractivity contribution in [1.82, 2.24) is 15.1 Å². The van der Waals surface area contributed by atoms with Crippen molar-refractivity contribution in [3.8, 4) is 0 Å². The van der Waals surface area contributed by atoms with Gasteiger partial charge < -0.3 is 9.64 Å². The number of nitrogens with one attached hydrogen (secondary N) is 1. The average molecular weight is 331 g/mol. The smallest absolute Gasteiger partial charge is 0.359 e. The van der Waals surface area contributed by atoms with Gasteiger partial charge in [-0.1, -0.05) is 32.0 Å². The summed E-state index contributed by atoms with van der Waals surface area (Å²) in [5.41, 5.74) is -0.383. The highest BCUT2D eigenvalue weighted by Gasteiger charge is 2.18. The molecule has 0 fully saturated rings. The molecular formula is C17H21N3O4. The second-order valence-corrected chi connectivity index (χ2v) is 5.40. The molecule has 0 unspecified atom stereocenters. The number of H-pyrrole nitrogens is 1. The van der Waals surface area contributed by atoms with Gasteiger partial charge in [-0.2, -0.15) is 5.10 Å². The van der Waals surface area contributed by atoms with E-state index in [4.69, 9.17) is 4.74 Å². The number of aromatic nitrogens is 2. The Labute approximate surface area is 139 Å². The van der Waals surface area contributed by atoms with Crippen molar-refractivity contribution in [3.05, 3.63) is 40.3 Å². The third kappa shape index (κ3) is 3.98. The topological polar surface area (TPSA) is 92.4 Å². The summed E-state index contributed by atoms with van der Waals surface area (Å²) in [6, 6.07) is 6.62. The van der Waals surface area contributed by atoms with Crippen LogP contribution in [0, 0.1) is 0 Å². The van der Waals surface area contributed by atoms with Crippen molar-refractivity contribution < 1.29 is 14.3 Å². The van der Waals surface area contributed by atoms with Crippen LogP contribution in [-0.2, 0) is 9.53 Å². The van der Waals surface area contributed by atoms with Crippen molar-refractivity contribution >= 4 is 22.6 Å². The van der Waals surface area contributed by atoms with Gasteiger partial charge >= 0.3 is 5.97 Å². The number of carbonyl (C=O) groups is 2. The van der Waals surface area contributed by atoms with Crippen LogP contribution in [-0.4, -0.2) is 46.7 Å². The number of aromatic amines is 1. The van der Waals surface area contributed by atoms with Gasteiger partial charge in [0.25, 0.3) is 11.5 Å². The third-order valence-electron chi connectivity index (χ3n) is 3.56. The SMILES string of the molecule is CCCN(CCC)C(=O)COC(=O)c1n[nH]c(=O)c2ccccc12. The standard InChI is InChI=1S/C17H21N3O4/c1-3-9-20(10-4-2)14(21)11-24-17(23)15-12-7-5-6-8-13(12)16(22)19-18-15/h5-8H,3-4,9-11H2,1-2H3,(H,19,22). The fraction of sp³-hybridized carbons (Fsp3) is 0.412. The predicted molar refractivity (Wildman–Crippen MR) is 89.8 cm³/mol. The molecule has 2 rings (SSSR count). The first-order chi connectivity index (χ1) is 11.6. The van der Waals surface area contributed by atoms with Crippen molar-refractivity contribution in [2.24, 2.45) is 0 Å². The lowest BCUT2D eigenvalue weighted by atomic mass is 10.1. The molecular weight excluding hydrogens is 310 g/mol. The molecule has 0 saturated heterocycles. The van der Waals surface area contributed by atoms with Gasteiger partial charge in [-0.15, -0.1) is 0 Å². The number of fused-ring (bicyclic) bond motifs is 1. The normalized spacial score (nSPS) is 10.6. The van der Waals surface area contributed by atoms with Crippen LogP contribution in [0.15, 0.2) is 29.1 Å². The van der Waals surface area contributed by atoms with Gasteiger partial charge in [-0.3, -0.25) is 9.59 Å². The van der Waals surface area contributed by atoms with Crippen molar-refractivity contribution in [2.45, 2.75) is 26.7 Å². The zero-order chi connectivity index (χ0) is 17.5. The Morgan fingerprint density at radius 2 is 1.75 bits per heavy atom. The monoisotopic (exact) mass is 331 g/mol. The fourth-order valence-corrected chi connectivity index (χ4v) is 2.46. The first kappa shape index (κ1) is 17.7. The molecule has 0 saturated carbocycles. The Morgan fingerprint density at radius 3 is 2.38 bits per heavy atom. The summed E-state index contributed by atoms with van der Waals surface area (Å²) in [6.45, 7) is 4.89. The van der Waals surface area contributed by atoms with Gasteiger partial charge in [-0.25, -0.2) is 9.89 Å². The van der Waals surface area contributed by atoms with Crippen LogP contribution in [0.25, 0.3) is 10.8 Å². The maximum absolute atomic E-state index is 12.2. The number of nitrogens with zero attached hydrogens (tertiary/aromatic N) is 2. The Morgan fingerprint density at radius 1 is 1.12 bits per heavy atom. The Hall–Kier alpha value is -2.70. The number of benzene rings is 1. The highest BCUT2D eigenvalue weighted by molar-refractivity contribution is 6.02. The summed E-state index contributed by atoms with van der Waals surface area (Å²) < 4.78 is 5.10. The van der Waals surface area contributed by atoms with Crippen LogP contribution >= 0.6 is 0 Å². The summed E-state index contributed by atoms with van der Waals surface area (Å²) in [5.74, 6) is -0.968. The lowest BCUT2D eigenvalue weighted by molar-refractivity contribution is -0.134. The average Bonchev–Trinajstić information content (AvgIpc) is 2.60. The van der Waals surface area contributed by atoms with Crippen LogP contribution in [0.2, 0.25) is 0 Å². The van der Waals surface area contributed by atoms with Crippen LogP contribution in [0.3, 0.4) is 0 Å². The number of hydrogen-bond acceptors (Lipinski definition) is 5. The molecule has 0 spiro atoms. The maximum Gasteiger partial charge on any atom is 0.359 e. The van der Waals surface area contributed by atoms with E-state index in [-0.39, 0.29) is 23.8 Å². The van der Waals surface area contributed by atoms with E-state index >= 15 is 0 Å². The van der Waals surface area contributed by atoms with Crippen LogP contribution in [0.5, 0.6) is 0 Å². The van der Waals surface area contributed by atoms with Crippen molar-refractivity contribution in [2.75, 3.05) is 19.7 Å². The molecule has 7 nitrogen and oxygen atoms in total. The maximum atomic E-state index is 12.2. The van der Waals surface area contributed by atoms with E-state index in [9.17, 15) is 14.4 Å². The summed E-state index contributed by atoms with van der Waals surface area (Å²) >= 11 is 0. The predicted octanol–water partition coefficient (Wildman–Crippen LogP) is 1.73. The molecule has 0 aliphatic heterocycles. The summed E-state index contributed by atoms with van der Waals surface area (Å²) in [6.07, 6.45) is 1.68. The summed E-state index contributed by atoms with van der Waals surface area (Å²) in [5, 5.41) is 6.79. The van der Waals surface area contributed by atoms with E-state index in [2.05, 4.69) is 10.2 Å². The van der Waals surface area contributed by atoms with Crippen LogP contribution in [0.1, 0.15) is 37.2 Å². The lowest BCUT2D eigenvalue weighted by Crippen LogP contribution is -2.36. The largest absolute Gasteiger partial charge is 0.451 e. The van der Waals surface area contributed by atoms with Crippen molar-refractivity contribution in [1.29, 1.82) is 0 Å². The highest BCUT2D eigenvalue weighted by atomic mass is 16.5. The van der Waals surface area contributed by atoms with Crippen molar-refractivity contribution in [3.63, 3.8) is 0 Å². The highest BCUT2D eigenvalue weighted by Crippen LogP contribution is 2.13. The second-order valence-electron chi connectivity index (χ2n) is 5.40. The molecule has 1 N–H and O–H groups in total. The molecule has 128 valence electrons. The molecule has 0 bridgehead atoms. The molecule has 24 heavy (non-hydrogen) atoms. The molecule has 1 aromatic heterocycles. The first-order valence-electron chi connectivity index (χ1n) is 8.00. The molecule has 0 aliphatic carbocycles.